The van der Waals surface area contributed by atoms with Gasteiger partial charge in [0.2, 0.25) is 0 Å². The lowest BCUT2D eigenvalue weighted by atomic mass is 10.1. The Morgan fingerprint density at radius 3 is 2.64 bits per heavy atom. The van der Waals surface area contributed by atoms with Gasteiger partial charge in [-0.15, -0.1) is 0 Å². The third-order valence-electron chi connectivity index (χ3n) is 2.52. The number of anilines is 1. The zero-order chi connectivity index (χ0) is 10.1. The van der Waals surface area contributed by atoms with Crippen LogP contribution in [-0.2, 0) is 0 Å². The zero-order valence-corrected chi connectivity index (χ0v) is 8.87. The Kier molecular flexibility index (Phi) is 2.33. The lowest BCUT2D eigenvalue weighted by Crippen LogP contribution is -2.09. The van der Waals surface area contributed by atoms with Gasteiger partial charge >= 0.3 is 0 Å². The van der Waals surface area contributed by atoms with Gasteiger partial charge in [0.05, 0.1) is 7.11 Å². The Bertz CT molecular complexity index is 332. The van der Waals surface area contributed by atoms with Crippen LogP contribution < -0.4 is 15.0 Å². The average molecular weight is 192 g/mol. The Hall–Kier alpha value is -1.22. The van der Waals surface area contributed by atoms with Crippen LogP contribution in [0.15, 0.2) is 18.2 Å². The molecule has 1 N–H and O–H groups in total. The molecule has 2 rings (SSSR count). The number of benzene rings is 1. The molecule has 0 saturated carbocycles. The van der Waals surface area contributed by atoms with Crippen molar-refractivity contribution in [2.75, 3.05) is 32.6 Å². The van der Waals surface area contributed by atoms with Crippen molar-refractivity contribution in [2.45, 2.75) is 6.04 Å². The van der Waals surface area contributed by atoms with Gasteiger partial charge in [-0.3, -0.25) is 0 Å². The largest absolute Gasteiger partial charge is 0.496 e. The van der Waals surface area contributed by atoms with E-state index in [0.717, 1.165) is 12.3 Å². The molecule has 0 aromatic heterocycles. The van der Waals surface area contributed by atoms with Crippen LogP contribution in [0.3, 0.4) is 0 Å². The Balaban J connectivity index is 2.34. The van der Waals surface area contributed by atoms with Gasteiger partial charge in [-0.1, -0.05) is 6.07 Å². The maximum atomic E-state index is 5.37. The number of methoxy groups -OCH3 is 1. The van der Waals surface area contributed by atoms with Crippen molar-refractivity contribution >= 4 is 5.69 Å². The summed E-state index contributed by atoms with van der Waals surface area (Å²) in [6.45, 7) is 1.07. The first-order chi connectivity index (χ1) is 6.72. The summed E-state index contributed by atoms with van der Waals surface area (Å²) in [4.78, 5) is 2.08. The van der Waals surface area contributed by atoms with Crippen LogP contribution in [0.2, 0.25) is 0 Å². The molecule has 0 radical (unpaired) electrons. The third kappa shape index (κ3) is 1.68. The summed E-state index contributed by atoms with van der Waals surface area (Å²) in [6.07, 6.45) is 0. The minimum Gasteiger partial charge on any atom is -0.496 e. The van der Waals surface area contributed by atoms with Crippen molar-refractivity contribution in [2.24, 2.45) is 0 Å². The first kappa shape index (κ1) is 9.34. The van der Waals surface area contributed by atoms with Gasteiger partial charge < -0.3 is 15.0 Å². The molecular formula is C11H16N2O. The van der Waals surface area contributed by atoms with E-state index in [1.165, 1.54) is 11.3 Å². The highest BCUT2D eigenvalue weighted by Crippen LogP contribution is 2.33. The van der Waals surface area contributed by atoms with E-state index in [2.05, 4.69) is 28.4 Å². The van der Waals surface area contributed by atoms with Crippen LogP contribution >= 0.6 is 0 Å². The molecule has 3 heteroatoms. The fourth-order valence-electron chi connectivity index (χ4n) is 1.54. The molecule has 1 fully saturated rings. The van der Waals surface area contributed by atoms with Gasteiger partial charge in [-0.25, -0.2) is 0 Å². The normalized spacial score (nSPS) is 19.2. The van der Waals surface area contributed by atoms with Gasteiger partial charge in [-0.2, -0.15) is 0 Å². The van der Waals surface area contributed by atoms with E-state index in [1.54, 1.807) is 7.11 Å². The SMILES string of the molecule is COc1cc(N(C)C)ccc1[C@H]1CN1. The smallest absolute Gasteiger partial charge is 0.125 e. The lowest BCUT2D eigenvalue weighted by molar-refractivity contribution is 0.409. The summed E-state index contributed by atoms with van der Waals surface area (Å²) in [7, 11) is 5.79. The molecule has 1 heterocycles. The first-order valence-electron chi connectivity index (χ1n) is 4.81. The summed E-state index contributed by atoms with van der Waals surface area (Å²) in [5.41, 5.74) is 2.43. The minimum atomic E-state index is 0.501. The molecule has 1 saturated heterocycles. The van der Waals surface area contributed by atoms with Gasteiger partial charge in [0.1, 0.15) is 5.75 Å². The number of ether oxygens (including phenoxy) is 1. The van der Waals surface area contributed by atoms with E-state index >= 15 is 0 Å². The van der Waals surface area contributed by atoms with Crippen molar-refractivity contribution in [3.05, 3.63) is 23.8 Å². The number of rotatable bonds is 3. The van der Waals surface area contributed by atoms with Gasteiger partial charge in [0.25, 0.3) is 0 Å². The Labute approximate surface area is 84.7 Å². The second kappa shape index (κ2) is 3.50. The summed E-state index contributed by atoms with van der Waals surface area (Å²) < 4.78 is 5.37. The predicted molar refractivity (Wildman–Crippen MR) is 58.1 cm³/mol. The highest BCUT2D eigenvalue weighted by atomic mass is 16.5. The standard InChI is InChI=1S/C11H16N2O/c1-13(2)8-4-5-9(10-7-12-10)11(6-8)14-3/h4-6,10,12H,7H2,1-3H3/t10-/m1/s1. The molecule has 1 atom stereocenters. The van der Waals surface area contributed by atoms with Gasteiger partial charge in [-0.05, 0) is 6.07 Å². The molecule has 1 aliphatic rings. The molecular weight excluding hydrogens is 176 g/mol. The van der Waals surface area contributed by atoms with Crippen LogP contribution in [0, 0.1) is 0 Å². The molecule has 14 heavy (non-hydrogen) atoms. The van der Waals surface area contributed by atoms with Crippen molar-refractivity contribution in [3.63, 3.8) is 0 Å². The van der Waals surface area contributed by atoms with Crippen molar-refractivity contribution < 1.29 is 4.74 Å². The van der Waals surface area contributed by atoms with Crippen molar-refractivity contribution in [1.29, 1.82) is 0 Å². The van der Waals surface area contributed by atoms with Crippen molar-refractivity contribution in [3.8, 4) is 5.75 Å². The maximum Gasteiger partial charge on any atom is 0.125 e. The van der Waals surface area contributed by atoms with Crippen LogP contribution in [0.4, 0.5) is 5.69 Å². The molecule has 0 aliphatic carbocycles. The van der Waals surface area contributed by atoms with E-state index < -0.39 is 0 Å². The molecule has 1 aliphatic heterocycles. The molecule has 0 unspecified atom stereocenters. The molecule has 1 aromatic rings. The zero-order valence-electron chi connectivity index (χ0n) is 8.87. The van der Waals surface area contributed by atoms with E-state index in [9.17, 15) is 0 Å². The van der Waals surface area contributed by atoms with Gasteiger partial charge in [0.15, 0.2) is 0 Å². The third-order valence-corrected chi connectivity index (χ3v) is 2.52. The second-order valence-electron chi connectivity index (χ2n) is 3.78. The quantitative estimate of drug-likeness (QED) is 0.735. The Morgan fingerprint density at radius 1 is 1.43 bits per heavy atom. The average Bonchev–Trinajstić information content (AvgIpc) is 3.00. The Morgan fingerprint density at radius 2 is 2.14 bits per heavy atom. The number of nitrogens with zero attached hydrogens (tertiary/aromatic N) is 1. The highest BCUT2D eigenvalue weighted by molar-refractivity contribution is 5.54. The summed E-state index contributed by atoms with van der Waals surface area (Å²) >= 11 is 0. The maximum absolute atomic E-state index is 5.37. The minimum absolute atomic E-state index is 0.501. The second-order valence-corrected chi connectivity index (χ2v) is 3.78. The van der Waals surface area contributed by atoms with E-state index in [-0.39, 0.29) is 0 Å². The lowest BCUT2D eigenvalue weighted by Gasteiger charge is -2.15. The number of nitrogens with one attached hydrogen (secondary N) is 1. The fourth-order valence-corrected chi connectivity index (χ4v) is 1.54. The van der Waals surface area contributed by atoms with E-state index in [0.29, 0.717) is 6.04 Å². The van der Waals surface area contributed by atoms with E-state index in [1.807, 2.05) is 14.1 Å². The molecule has 3 nitrogen and oxygen atoms in total. The molecule has 76 valence electrons. The molecule has 1 aromatic carbocycles. The highest BCUT2D eigenvalue weighted by Gasteiger charge is 2.25. The van der Waals surface area contributed by atoms with Crippen molar-refractivity contribution in [1.82, 2.24) is 5.32 Å². The first-order valence-corrected chi connectivity index (χ1v) is 4.81. The monoisotopic (exact) mass is 192 g/mol. The topological polar surface area (TPSA) is 34.4 Å². The number of hydrogen-bond acceptors (Lipinski definition) is 3. The van der Waals surface area contributed by atoms with Gasteiger partial charge in [0, 0.05) is 44.0 Å². The predicted octanol–water partition coefficient (Wildman–Crippen LogP) is 1.41. The van der Waals surface area contributed by atoms with Crippen LogP contribution in [0.25, 0.3) is 0 Å². The number of hydrogen-bond donors (Lipinski definition) is 1. The summed E-state index contributed by atoms with van der Waals surface area (Å²) in [5, 5.41) is 3.28. The molecule has 0 spiro atoms. The fraction of sp³-hybridized carbons (Fsp3) is 0.455. The van der Waals surface area contributed by atoms with Crippen LogP contribution in [0.5, 0.6) is 5.75 Å². The van der Waals surface area contributed by atoms with Crippen LogP contribution in [0.1, 0.15) is 11.6 Å². The summed E-state index contributed by atoms with van der Waals surface area (Å²) in [6, 6.07) is 6.84. The molecule has 0 amide bonds. The molecule has 0 bridgehead atoms. The van der Waals surface area contributed by atoms with E-state index in [4.69, 9.17) is 4.74 Å². The van der Waals surface area contributed by atoms with Crippen LogP contribution in [-0.4, -0.2) is 27.7 Å². The summed E-state index contributed by atoms with van der Waals surface area (Å²) in [5.74, 6) is 0.978.